The van der Waals surface area contributed by atoms with Crippen LogP contribution in [0.15, 0.2) is 23.3 Å². The van der Waals surface area contributed by atoms with E-state index in [9.17, 15) is 4.79 Å². The second-order valence-corrected chi connectivity index (χ2v) is 4.00. The molecule has 2 heterocycles. The van der Waals surface area contributed by atoms with Gasteiger partial charge in [-0.05, 0) is 17.7 Å². The van der Waals surface area contributed by atoms with Crippen molar-refractivity contribution in [3.8, 4) is 0 Å². The Labute approximate surface area is 104 Å². The molecule has 0 atom stereocenters. The summed E-state index contributed by atoms with van der Waals surface area (Å²) in [5, 5.41) is 3.47. The Morgan fingerprint density at radius 1 is 1.67 bits per heavy atom. The Hall–Kier alpha value is -2.27. The van der Waals surface area contributed by atoms with Crippen LogP contribution >= 0.6 is 0 Å². The average Bonchev–Trinajstić information content (AvgIpc) is 2.35. The normalized spacial score (nSPS) is 14.6. The van der Waals surface area contributed by atoms with Crippen molar-refractivity contribution in [2.75, 3.05) is 25.1 Å². The Bertz CT molecular complexity index is 492. The summed E-state index contributed by atoms with van der Waals surface area (Å²) in [6.07, 6.45) is 0. The van der Waals surface area contributed by atoms with Crippen LogP contribution in [-0.4, -0.2) is 31.2 Å². The predicted octanol–water partition coefficient (Wildman–Crippen LogP) is 1.50. The number of hydrogen-bond acceptors (Lipinski definition) is 5. The van der Waals surface area contributed by atoms with Crippen LogP contribution in [-0.2, 0) is 16.1 Å². The van der Waals surface area contributed by atoms with Crippen molar-refractivity contribution in [2.45, 2.75) is 6.54 Å². The average molecular weight is 247 g/mol. The zero-order valence-corrected chi connectivity index (χ0v) is 9.98. The summed E-state index contributed by atoms with van der Waals surface area (Å²) in [5.41, 5.74) is 8.97. The number of ether oxygens (including phenoxy) is 1. The fourth-order valence-electron chi connectivity index (χ4n) is 1.82. The van der Waals surface area contributed by atoms with Crippen LogP contribution in [0.5, 0.6) is 0 Å². The quantitative estimate of drug-likeness (QED) is 0.349. The molecule has 18 heavy (non-hydrogen) atoms. The van der Waals surface area contributed by atoms with E-state index in [2.05, 4.69) is 19.7 Å². The Morgan fingerprint density at radius 3 is 3.11 bits per heavy atom. The first-order chi connectivity index (χ1) is 8.74. The molecule has 1 saturated heterocycles. The van der Waals surface area contributed by atoms with Gasteiger partial charge in [-0.3, -0.25) is 4.79 Å². The highest BCUT2D eigenvalue weighted by molar-refractivity contribution is 5.76. The van der Waals surface area contributed by atoms with Crippen LogP contribution in [0.3, 0.4) is 0 Å². The summed E-state index contributed by atoms with van der Waals surface area (Å²) >= 11 is 0. The highest BCUT2D eigenvalue weighted by atomic mass is 16.5. The largest absolute Gasteiger partial charge is 0.469 e. The number of rotatable bonds is 4. The molecule has 0 amide bonds. The molecule has 1 fully saturated rings. The van der Waals surface area contributed by atoms with Gasteiger partial charge in [0.1, 0.15) is 5.82 Å². The lowest BCUT2D eigenvalue weighted by Crippen LogP contribution is -2.51. The fourth-order valence-corrected chi connectivity index (χ4v) is 1.82. The number of methoxy groups -OCH3 is 1. The standard InChI is InChI=1S/C11H13N5O2/c1-18-11(17)8-6-16(7-8)10-4-2-3-9(14-10)5-13-15-12/h2-4,8H,5-7H2,1H3. The first-order valence-corrected chi connectivity index (χ1v) is 5.54. The molecule has 0 aromatic carbocycles. The summed E-state index contributed by atoms with van der Waals surface area (Å²) < 4.78 is 4.67. The van der Waals surface area contributed by atoms with Gasteiger partial charge in [0, 0.05) is 23.7 Å². The van der Waals surface area contributed by atoms with Crippen molar-refractivity contribution >= 4 is 11.8 Å². The third kappa shape index (κ3) is 2.52. The number of carbonyl (C=O) groups excluding carboxylic acids is 1. The van der Waals surface area contributed by atoms with Crippen molar-refractivity contribution in [2.24, 2.45) is 11.0 Å². The molecule has 2 rings (SSSR count). The summed E-state index contributed by atoms with van der Waals surface area (Å²) in [4.78, 5) is 20.3. The summed E-state index contributed by atoms with van der Waals surface area (Å²) in [6.45, 7) is 1.47. The third-order valence-corrected chi connectivity index (χ3v) is 2.83. The molecule has 7 heteroatoms. The van der Waals surface area contributed by atoms with Crippen LogP contribution in [0.25, 0.3) is 10.4 Å². The maximum Gasteiger partial charge on any atom is 0.312 e. The van der Waals surface area contributed by atoms with Gasteiger partial charge in [-0.2, -0.15) is 0 Å². The molecule has 0 unspecified atom stereocenters. The minimum atomic E-state index is -0.184. The molecule has 94 valence electrons. The zero-order valence-electron chi connectivity index (χ0n) is 9.98. The number of carbonyl (C=O) groups is 1. The molecule has 0 N–H and O–H groups in total. The van der Waals surface area contributed by atoms with E-state index in [1.54, 1.807) is 6.07 Å². The molecule has 1 aliphatic rings. The van der Waals surface area contributed by atoms with E-state index in [0.29, 0.717) is 18.8 Å². The van der Waals surface area contributed by atoms with E-state index in [1.165, 1.54) is 7.11 Å². The number of azide groups is 1. The Kier molecular flexibility index (Phi) is 3.64. The first kappa shape index (κ1) is 12.2. The predicted molar refractivity (Wildman–Crippen MR) is 64.8 cm³/mol. The van der Waals surface area contributed by atoms with Crippen molar-refractivity contribution in [3.05, 3.63) is 34.3 Å². The number of hydrogen-bond donors (Lipinski definition) is 0. The summed E-state index contributed by atoms with van der Waals surface area (Å²) in [5.74, 6) is 0.537. The second-order valence-electron chi connectivity index (χ2n) is 4.00. The van der Waals surface area contributed by atoms with Crippen LogP contribution in [0, 0.1) is 5.92 Å². The van der Waals surface area contributed by atoms with E-state index in [1.807, 2.05) is 17.0 Å². The molecule has 0 aliphatic carbocycles. The molecular formula is C11H13N5O2. The van der Waals surface area contributed by atoms with Crippen LogP contribution in [0.4, 0.5) is 5.82 Å². The third-order valence-electron chi connectivity index (χ3n) is 2.83. The molecular weight excluding hydrogens is 234 g/mol. The van der Waals surface area contributed by atoms with Gasteiger partial charge in [-0.25, -0.2) is 4.98 Å². The van der Waals surface area contributed by atoms with Crippen LogP contribution in [0.2, 0.25) is 0 Å². The van der Waals surface area contributed by atoms with E-state index in [-0.39, 0.29) is 18.4 Å². The number of nitrogens with zero attached hydrogens (tertiary/aromatic N) is 5. The molecule has 1 aromatic rings. The van der Waals surface area contributed by atoms with Gasteiger partial charge in [-0.1, -0.05) is 11.2 Å². The maximum atomic E-state index is 11.3. The first-order valence-electron chi connectivity index (χ1n) is 5.54. The zero-order chi connectivity index (χ0) is 13.0. The number of aromatic nitrogens is 1. The summed E-state index contributed by atoms with van der Waals surface area (Å²) in [6, 6.07) is 5.53. The maximum absolute atomic E-state index is 11.3. The lowest BCUT2D eigenvalue weighted by atomic mass is 10.0. The number of pyridine rings is 1. The van der Waals surface area contributed by atoms with Gasteiger partial charge in [-0.15, -0.1) is 0 Å². The number of esters is 1. The van der Waals surface area contributed by atoms with E-state index < -0.39 is 0 Å². The minimum absolute atomic E-state index is 0.0717. The van der Waals surface area contributed by atoms with E-state index >= 15 is 0 Å². The minimum Gasteiger partial charge on any atom is -0.469 e. The van der Waals surface area contributed by atoms with Crippen LogP contribution < -0.4 is 4.90 Å². The molecule has 0 bridgehead atoms. The van der Waals surface area contributed by atoms with Gasteiger partial charge in [0.25, 0.3) is 0 Å². The summed E-state index contributed by atoms with van der Waals surface area (Å²) in [7, 11) is 1.39. The Balaban J connectivity index is 1.99. The lowest BCUT2D eigenvalue weighted by molar-refractivity contribution is -0.146. The number of anilines is 1. The Morgan fingerprint density at radius 2 is 2.44 bits per heavy atom. The van der Waals surface area contributed by atoms with Gasteiger partial charge in [0.15, 0.2) is 0 Å². The van der Waals surface area contributed by atoms with Crippen molar-refractivity contribution in [3.63, 3.8) is 0 Å². The smallest absolute Gasteiger partial charge is 0.312 e. The van der Waals surface area contributed by atoms with Gasteiger partial charge < -0.3 is 9.64 Å². The lowest BCUT2D eigenvalue weighted by Gasteiger charge is -2.38. The van der Waals surface area contributed by atoms with E-state index in [4.69, 9.17) is 5.53 Å². The second kappa shape index (κ2) is 5.37. The SMILES string of the molecule is COC(=O)C1CN(c2cccc(CN=[N+]=[N-])n2)C1. The van der Waals surface area contributed by atoms with Gasteiger partial charge in [0.05, 0.1) is 19.6 Å². The van der Waals surface area contributed by atoms with Crippen molar-refractivity contribution < 1.29 is 9.53 Å². The fraction of sp³-hybridized carbons (Fsp3) is 0.455. The molecule has 1 aromatic heterocycles. The highest BCUT2D eigenvalue weighted by Crippen LogP contribution is 2.23. The van der Waals surface area contributed by atoms with Gasteiger partial charge in [0.2, 0.25) is 0 Å². The molecule has 0 saturated carbocycles. The molecule has 7 nitrogen and oxygen atoms in total. The molecule has 0 radical (unpaired) electrons. The van der Waals surface area contributed by atoms with Crippen molar-refractivity contribution in [1.82, 2.24) is 4.98 Å². The molecule has 0 spiro atoms. The monoisotopic (exact) mass is 247 g/mol. The van der Waals surface area contributed by atoms with E-state index in [0.717, 1.165) is 5.82 Å². The van der Waals surface area contributed by atoms with Crippen LogP contribution in [0.1, 0.15) is 5.69 Å². The molecule has 1 aliphatic heterocycles. The van der Waals surface area contributed by atoms with Crippen molar-refractivity contribution in [1.29, 1.82) is 0 Å². The topological polar surface area (TPSA) is 91.2 Å². The highest BCUT2D eigenvalue weighted by Gasteiger charge is 2.34. The van der Waals surface area contributed by atoms with Gasteiger partial charge >= 0.3 is 5.97 Å².